The van der Waals surface area contributed by atoms with Gasteiger partial charge in [-0.3, -0.25) is 4.90 Å². The summed E-state index contributed by atoms with van der Waals surface area (Å²) in [5.41, 5.74) is 7.05. The molecule has 0 radical (unpaired) electrons. The first-order valence-corrected chi connectivity index (χ1v) is 11.1. The Bertz CT molecular complexity index is 1200. The molecule has 0 spiro atoms. The lowest BCUT2D eigenvalue weighted by Gasteiger charge is -2.28. The normalized spacial score (nSPS) is 16.3. The topological polar surface area (TPSA) is 46.8 Å². The smallest absolute Gasteiger partial charge is 0.131 e. The van der Waals surface area contributed by atoms with E-state index in [2.05, 4.69) is 76.9 Å². The van der Waals surface area contributed by atoms with Crippen LogP contribution < -0.4 is 0 Å². The van der Waals surface area contributed by atoms with Crippen molar-refractivity contribution in [2.45, 2.75) is 38.3 Å². The molecule has 5 heteroatoms. The van der Waals surface area contributed by atoms with Crippen molar-refractivity contribution in [3.8, 4) is 16.9 Å². The highest BCUT2D eigenvalue weighted by atomic mass is 15.3. The number of hydrogen-bond acceptors (Lipinski definition) is 4. The van der Waals surface area contributed by atoms with E-state index in [0.717, 1.165) is 48.8 Å². The number of rotatable bonds is 5. The van der Waals surface area contributed by atoms with Crippen molar-refractivity contribution < 1.29 is 0 Å². The molecule has 2 aliphatic rings. The first-order valence-electron chi connectivity index (χ1n) is 11.1. The van der Waals surface area contributed by atoms with Gasteiger partial charge in [0.1, 0.15) is 5.82 Å². The van der Waals surface area contributed by atoms with Gasteiger partial charge < -0.3 is 0 Å². The molecule has 0 bridgehead atoms. The number of aromatic nitrogens is 4. The highest BCUT2D eigenvalue weighted by Gasteiger charge is 2.28. The highest BCUT2D eigenvalue weighted by molar-refractivity contribution is 5.63. The van der Waals surface area contributed by atoms with Crippen LogP contribution in [0.3, 0.4) is 0 Å². The summed E-state index contributed by atoms with van der Waals surface area (Å²) in [7, 11) is 0. The van der Waals surface area contributed by atoms with E-state index in [1.807, 2.05) is 10.7 Å². The van der Waals surface area contributed by atoms with Gasteiger partial charge in [0, 0.05) is 66.8 Å². The van der Waals surface area contributed by atoms with Crippen LogP contribution in [0.5, 0.6) is 0 Å². The van der Waals surface area contributed by atoms with Crippen LogP contribution in [0.1, 0.15) is 41.4 Å². The van der Waals surface area contributed by atoms with Crippen molar-refractivity contribution in [3.63, 3.8) is 0 Å². The average molecular weight is 408 g/mol. The van der Waals surface area contributed by atoms with Crippen LogP contribution in [-0.2, 0) is 19.5 Å². The molecule has 31 heavy (non-hydrogen) atoms. The van der Waals surface area contributed by atoms with Gasteiger partial charge in [-0.2, -0.15) is 5.10 Å². The minimum Gasteiger partial charge on any atom is -0.294 e. The Morgan fingerprint density at radius 1 is 0.935 bits per heavy atom. The quantitative estimate of drug-likeness (QED) is 0.478. The van der Waals surface area contributed by atoms with Gasteiger partial charge >= 0.3 is 0 Å². The van der Waals surface area contributed by atoms with Gasteiger partial charge in [0.05, 0.1) is 11.4 Å². The van der Waals surface area contributed by atoms with E-state index in [9.17, 15) is 0 Å². The number of para-hydroxylation sites is 1. The van der Waals surface area contributed by atoms with Crippen LogP contribution in [0.15, 0.2) is 73.1 Å². The second-order valence-corrected chi connectivity index (χ2v) is 8.58. The summed E-state index contributed by atoms with van der Waals surface area (Å²) in [6.45, 7) is 2.77. The molecular weight excluding hydrogens is 382 g/mol. The van der Waals surface area contributed by atoms with Crippen molar-refractivity contribution in [1.29, 1.82) is 0 Å². The van der Waals surface area contributed by atoms with E-state index in [1.165, 1.54) is 29.7 Å². The molecule has 0 amide bonds. The first-order chi connectivity index (χ1) is 15.3. The van der Waals surface area contributed by atoms with Crippen LogP contribution >= 0.6 is 0 Å². The molecule has 0 atom stereocenters. The highest BCUT2D eigenvalue weighted by Crippen LogP contribution is 2.38. The van der Waals surface area contributed by atoms with Crippen LogP contribution in [-0.4, -0.2) is 31.2 Å². The summed E-state index contributed by atoms with van der Waals surface area (Å²) in [5, 5.41) is 4.96. The van der Waals surface area contributed by atoms with Crippen molar-refractivity contribution in [3.05, 3.63) is 95.7 Å². The zero-order chi connectivity index (χ0) is 20.6. The summed E-state index contributed by atoms with van der Waals surface area (Å²) >= 11 is 0. The molecule has 2 aromatic heterocycles. The van der Waals surface area contributed by atoms with Crippen molar-refractivity contribution >= 4 is 0 Å². The molecule has 6 rings (SSSR count). The van der Waals surface area contributed by atoms with Crippen LogP contribution in [0.4, 0.5) is 0 Å². The molecule has 0 N–H and O–H groups in total. The Morgan fingerprint density at radius 3 is 2.48 bits per heavy atom. The van der Waals surface area contributed by atoms with E-state index < -0.39 is 0 Å². The number of fused-ring (bicyclic) bond motifs is 1. The van der Waals surface area contributed by atoms with Crippen LogP contribution in [0.2, 0.25) is 0 Å². The van der Waals surface area contributed by atoms with E-state index >= 15 is 0 Å². The first kappa shape index (κ1) is 18.5. The minimum absolute atomic E-state index is 0.612. The third-order valence-electron chi connectivity index (χ3n) is 6.23. The number of hydrogen-bond donors (Lipinski definition) is 0. The Kier molecular flexibility index (Phi) is 4.61. The van der Waals surface area contributed by atoms with Crippen LogP contribution in [0, 0.1) is 0 Å². The molecule has 5 nitrogen and oxygen atoms in total. The summed E-state index contributed by atoms with van der Waals surface area (Å²) in [6, 6.07) is 20.8. The minimum atomic E-state index is 0.612. The maximum absolute atomic E-state index is 4.96. The van der Waals surface area contributed by atoms with Gasteiger partial charge in [-0.05, 0) is 25.0 Å². The summed E-state index contributed by atoms with van der Waals surface area (Å²) in [5.74, 6) is 1.67. The standard InChI is InChI=1S/C26H25N5/c1-3-7-19(8-4-1)25-22(18-31(29-25)23-9-5-2-6-10-23)17-30-14-13-24-21(16-30)15-27-26(28-24)20-11-12-20/h1-10,15,18,20H,11-14,16-17H2. The van der Waals surface area contributed by atoms with Gasteiger partial charge in [-0.1, -0.05) is 48.5 Å². The molecule has 154 valence electrons. The Hall–Kier alpha value is -3.31. The molecule has 0 unspecified atom stereocenters. The van der Waals surface area contributed by atoms with Gasteiger partial charge in [-0.15, -0.1) is 0 Å². The second-order valence-electron chi connectivity index (χ2n) is 8.58. The van der Waals surface area contributed by atoms with Gasteiger partial charge in [0.25, 0.3) is 0 Å². The predicted molar refractivity (Wildman–Crippen MR) is 121 cm³/mol. The largest absolute Gasteiger partial charge is 0.294 e. The molecule has 1 fully saturated rings. The fraction of sp³-hybridized carbons (Fsp3) is 0.269. The summed E-state index contributed by atoms with van der Waals surface area (Å²) in [6.07, 6.45) is 7.73. The van der Waals surface area contributed by atoms with Crippen molar-refractivity contribution in [1.82, 2.24) is 24.6 Å². The maximum Gasteiger partial charge on any atom is 0.131 e. The molecule has 0 saturated heterocycles. The zero-order valence-corrected chi connectivity index (χ0v) is 17.5. The van der Waals surface area contributed by atoms with Crippen molar-refractivity contribution in [2.75, 3.05) is 6.54 Å². The number of nitrogens with zero attached hydrogens (tertiary/aromatic N) is 5. The van der Waals surface area contributed by atoms with E-state index in [0.29, 0.717) is 5.92 Å². The van der Waals surface area contributed by atoms with Gasteiger partial charge in [-0.25, -0.2) is 14.6 Å². The van der Waals surface area contributed by atoms with E-state index in [1.54, 1.807) is 0 Å². The Balaban J connectivity index is 1.29. The predicted octanol–water partition coefficient (Wildman–Crippen LogP) is 4.77. The molecular formula is C26H25N5. The van der Waals surface area contributed by atoms with Gasteiger partial charge in [0.2, 0.25) is 0 Å². The third kappa shape index (κ3) is 3.77. The average Bonchev–Trinajstić information content (AvgIpc) is 3.60. The molecule has 3 heterocycles. The Labute approximate surface area is 182 Å². The fourth-order valence-corrected chi connectivity index (χ4v) is 4.38. The summed E-state index contributed by atoms with van der Waals surface area (Å²) < 4.78 is 2.00. The molecule has 4 aromatic rings. The summed E-state index contributed by atoms with van der Waals surface area (Å²) in [4.78, 5) is 12.0. The lowest BCUT2D eigenvalue weighted by molar-refractivity contribution is 0.243. The second kappa shape index (κ2) is 7.75. The van der Waals surface area contributed by atoms with Crippen LogP contribution in [0.25, 0.3) is 16.9 Å². The van der Waals surface area contributed by atoms with Crippen molar-refractivity contribution in [2.24, 2.45) is 0 Å². The zero-order valence-electron chi connectivity index (χ0n) is 17.5. The third-order valence-corrected chi connectivity index (χ3v) is 6.23. The number of benzene rings is 2. The molecule has 2 aromatic carbocycles. The lowest BCUT2D eigenvalue weighted by atomic mass is 10.0. The monoisotopic (exact) mass is 407 g/mol. The maximum atomic E-state index is 4.96. The fourth-order valence-electron chi connectivity index (χ4n) is 4.38. The van der Waals surface area contributed by atoms with E-state index in [4.69, 9.17) is 10.1 Å². The van der Waals surface area contributed by atoms with Gasteiger partial charge in [0.15, 0.2) is 0 Å². The van der Waals surface area contributed by atoms with E-state index in [-0.39, 0.29) is 0 Å². The lowest BCUT2D eigenvalue weighted by Crippen LogP contribution is -2.31. The Morgan fingerprint density at radius 2 is 1.71 bits per heavy atom. The SMILES string of the molecule is c1ccc(-c2nn(-c3ccccc3)cc2CN2CCc3nc(C4CC4)ncc3C2)cc1. The molecule has 1 saturated carbocycles. The molecule has 1 aliphatic carbocycles. The molecule has 1 aliphatic heterocycles.